The lowest BCUT2D eigenvalue weighted by Crippen LogP contribution is -2.29. The molecule has 0 aromatic heterocycles. The highest BCUT2D eigenvalue weighted by atomic mass is 16.5. The quantitative estimate of drug-likeness (QED) is 0.682. The molecule has 146 valence electrons. The molecule has 4 heteroatoms. The van der Waals surface area contributed by atoms with E-state index < -0.39 is 11.2 Å². The molecule has 2 aliphatic rings. The van der Waals surface area contributed by atoms with Crippen molar-refractivity contribution < 1.29 is 18.9 Å². The van der Waals surface area contributed by atoms with Gasteiger partial charge in [0.1, 0.15) is 34.2 Å². The first-order valence-electron chi connectivity index (χ1n) is 9.42. The van der Waals surface area contributed by atoms with Gasteiger partial charge in [-0.1, -0.05) is 12.2 Å². The number of ether oxygens (including phenoxy) is 4. The first-order valence-corrected chi connectivity index (χ1v) is 9.42. The molecule has 0 unspecified atom stereocenters. The first kappa shape index (κ1) is 18.5. The van der Waals surface area contributed by atoms with E-state index in [1.54, 1.807) is 14.2 Å². The molecule has 0 radical (unpaired) electrons. The molecule has 0 spiro atoms. The zero-order chi connectivity index (χ0) is 20.1. The summed E-state index contributed by atoms with van der Waals surface area (Å²) in [5.41, 5.74) is 3.03. The monoisotopic (exact) mass is 378 g/mol. The Labute approximate surface area is 166 Å². The normalized spacial score (nSPS) is 17.8. The molecular weight excluding hydrogens is 352 g/mol. The molecule has 2 heterocycles. The van der Waals surface area contributed by atoms with Crippen LogP contribution < -0.4 is 18.9 Å². The van der Waals surface area contributed by atoms with Crippen LogP contribution in [0.2, 0.25) is 0 Å². The molecule has 0 saturated heterocycles. The highest BCUT2D eigenvalue weighted by molar-refractivity contribution is 5.86. The summed E-state index contributed by atoms with van der Waals surface area (Å²) >= 11 is 0. The van der Waals surface area contributed by atoms with E-state index >= 15 is 0 Å². The third kappa shape index (κ3) is 3.24. The minimum absolute atomic E-state index is 0.394. The summed E-state index contributed by atoms with van der Waals surface area (Å²) in [6, 6.07) is 7.97. The van der Waals surface area contributed by atoms with E-state index in [2.05, 4.69) is 24.3 Å². The van der Waals surface area contributed by atoms with Crippen LogP contribution in [0, 0.1) is 0 Å². The van der Waals surface area contributed by atoms with Crippen molar-refractivity contribution in [2.75, 3.05) is 14.2 Å². The van der Waals surface area contributed by atoms with Gasteiger partial charge < -0.3 is 18.9 Å². The van der Waals surface area contributed by atoms with Crippen LogP contribution in [-0.2, 0) is 0 Å². The zero-order valence-electron chi connectivity index (χ0n) is 17.3. The van der Waals surface area contributed by atoms with Crippen molar-refractivity contribution in [3.8, 4) is 34.1 Å². The van der Waals surface area contributed by atoms with Gasteiger partial charge >= 0.3 is 0 Å². The lowest BCUT2D eigenvalue weighted by Gasteiger charge is -2.32. The fourth-order valence-electron chi connectivity index (χ4n) is 3.53. The predicted molar refractivity (Wildman–Crippen MR) is 112 cm³/mol. The number of benzene rings is 2. The van der Waals surface area contributed by atoms with Crippen molar-refractivity contribution in [2.24, 2.45) is 0 Å². The highest BCUT2D eigenvalue weighted by Crippen LogP contribution is 2.49. The summed E-state index contributed by atoms with van der Waals surface area (Å²) < 4.78 is 23.8. The Bertz CT molecular complexity index is 915. The fourth-order valence-corrected chi connectivity index (χ4v) is 3.53. The van der Waals surface area contributed by atoms with E-state index in [0.717, 1.165) is 45.3 Å². The predicted octanol–water partition coefficient (Wildman–Crippen LogP) is 5.74. The maximum absolute atomic E-state index is 6.36. The summed E-state index contributed by atoms with van der Waals surface area (Å²) in [6.45, 7) is 8.18. The molecule has 28 heavy (non-hydrogen) atoms. The summed E-state index contributed by atoms with van der Waals surface area (Å²) in [7, 11) is 3.35. The topological polar surface area (TPSA) is 36.9 Å². The van der Waals surface area contributed by atoms with Gasteiger partial charge in [-0.05, 0) is 64.1 Å². The van der Waals surface area contributed by atoms with Gasteiger partial charge in [0.25, 0.3) is 0 Å². The Morgan fingerprint density at radius 3 is 1.39 bits per heavy atom. The Hall–Kier alpha value is -2.88. The van der Waals surface area contributed by atoms with Crippen LogP contribution in [0.3, 0.4) is 0 Å². The van der Waals surface area contributed by atoms with Crippen molar-refractivity contribution >= 4 is 12.2 Å². The highest BCUT2D eigenvalue weighted by Gasteiger charge is 2.30. The molecule has 4 nitrogen and oxygen atoms in total. The molecule has 0 bridgehead atoms. The molecule has 2 aromatic rings. The van der Waals surface area contributed by atoms with Gasteiger partial charge in [-0.15, -0.1) is 0 Å². The van der Waals surface area contributed by atoms with Crippen LogP contribution in [-0.4, -0.2) is 25.4 Å². The Balaban J connectivity index is 2.00. The van der Waals surface area contributed by atoms with Crippen LogP contribution in [0.4, 0.5) is 0 Å². The van der Waals surface area contributed by atoms with Gasteiger partial charge in [0.2, 0.25) is 0 Å². The Morgan fingerprint density at radius 2 is 1.04 bits per heavy atom. The Morgan fingerprint density at radius 1 is 0.643 bits per heavy atom. The van der Waals surface area contributed by atoms with Crippen LogP contribution in [0.25, 0.3) is 23.3 Å². The minimum Gasteiger partial charge on any atom is -0.497 e. The number of rotatable bonds is 3. The van der Waals surface area contributed by atoms with Crippen molar-refractivity contribution in [1.29, 1.82) is 0 Å². The van der Waals surface area contributed by atoms with E-state index in [0.29, 0.717) is 0 Å². The second-order valence-corrected chi connectivity index (χ2v) is 8.26. The van der Waals surface area contributed by atoms with Gasteiger partial charge in [0.15, 0.2) is 0 Å². The van der Waals surface area contributed by atoms with Gasteiger partial charge in [0.05, 0.1) is 14.2 Å². The van der Waals surface area contributed by atoms with E-state index in [4.69, 9.17) is 18.9 Å². The van der Waals surface area contributed by atoms with Crippen molar-refractivity contribution in [1.82, 2.24) is 0 Å². The summed E-state index contributed by atoms with van der Waals surface area (Å²) in [5, 5.41) is 0. The van der Waals surface area contributed by atoms with Gasteiger partial charge in [-0.2, -0.15) is 0 Å². The zero-order valence-corrected chi connectivity index (χ0v) is 17.3. The number of methoxy groups -OCH3 is 2. The largest absolute Gasteiger partial charge is 0.497 e. The summed E-state index contributed by atoms with van der Waals surface area (Å²) in [5.74, 6) is 3.17. The van der Waals surface area contributed by atoms with Crippen LogP contribution >= 0.6 is 0 Å². The molecule has 0 atom stereocenters. The molecule has 0 amide bonds. The van der Waals surface area contributed by atoms with Crippen LogP contribution in [0.5, 0.6) is 23.0 Å². The second-order valence-electron chi connectivity index (χ2n) is 8.26. The standard InChI is InChI=1S/C24H26O4/c1-23(2)9-7-15-11-17(25-5)13-19(21(15)27-23)20-14-18(26-6)12-16-8-10-24(3,4)28-22(16)20/h7-14H,1-6H3. The fraction of sp³-hybridized carbons (Fsp3) is 0.333. The number of hydrogen-bond acceptors (Lipinski definition) is 4. The summed E-state index contributed by atoms with van der Waals surface area (Å²) in [6.07, 6.45) is 8.29. The molecule has 2 aliphatic heterocycles. The van der Waals surface area contributed by atoms with Crippen LogP contribution in [0.15, 0.2) is 36.4 Å². The molecule has 0 aliphatic carbocycles. The van der Waals surface area contributed by atoms with E-state index in [1.165, 1.54) is 0 Å². The van der Waals surface area contributed by atoms with Crippen molar-refractivity contribution in [2.45, 2.75) is 38.9 Å². The van der Waals surface area contributed by atoms with E-state index in [9.17, 15) is 0 Å². The average molecular weight is 378 g/mol. The molecule has 4 rings (SSSR count). The molecule has 2 aromatic carbocycles. The maximum Gasteiger partial charge on any atom is 0.136 e. The minimum atomic E-state index is -0.394. The third-order valence-corrected chi connectivity index (χ3v) is 5.00. The van der Waals surface area contributed by atoms with Crippen molar-refractivity contribution in [3.63, 3.8) is 0 Å². The molecule has 0 N–H and O–H groups in total. The number of hydrogen-bond donors (Lipinski definition) is 0. The second kappa shape index (κ2) is 6.33. The van der Waals surface area contributed by atoms with E-state index in [-0.39, 0.29) is 0 Å². The molecule has 0 saturated carbocycles. The van der Waals surface area contributed by atoms with Crippen molar-refractivity contribution in [3.05, 3.63) is 47.5 Å². The first-order chi connectivity index (χ1) is 13.2. The molecule has 0 fully saturated rings. The Kier molecular flexibility index (Phi) is 4.18. The van der Waals surface area contributed by atoms with E-state index in [1.807, 2.05) is 52.0 Å². The SMILES string of the molecule is COc1cc2c(c(-c3cc(OC)cc4c3OC(C)(C)C=C4)c1)OC(C)(C)C=C2. The smallest absolute Gasteiger partial charge is 0.136 e. The third-order valence-electron chi connectivity index (χ3n) is 5.00. The van der Waals surface area contributed by atoms with Crippen LogP contribution in [0.1, 0.15) is 38.8 Å². The molecular formula is C24H26O4. The summed E-state index contributed by atoms with van der Waals surface area (Å²) in [4.78, 5) is 0. The average Bonchev–Trinajstić information content (AvgIpc) is 2.65. The van der Waals surface area contributed by atoms with Gasteiger partial charge in [0, 0.05) is 22.3 Å². The van der Waals surface area contributed by atoms with Gasteiger partial charge in [-0.3, -0.25) is 0 Å². The lowest BCUT2D eigenvalue weighted by atomic mass is 9.92. The maximum atomic E-state index is 6.36. The lowest BCUT2D eigenvalue weighted by molar-refractivity contribution is 0.156. The number of fused-ring (bicyclic) bond motifs is 2. The van der Waals surface area contributed by atoms with Gasteiger partial charge in [-0.25, -0.2) is 0 Å².